The van der Waals surface area contributed by atoms with Crippen LogP contribution in [0.15, 0.2) is 36.4 Å². The van der Waals surface area contributed by atoms with E-state index in [4.69, 9.17) is 9.47 Å². The molecule has 3 rings (SSSR count). The lowest BCUT2D eigenvalue weighted by atomic mass is 10.1. The average molecular weight is 415 g/mol. The first-order valence-corrected chi connectivity index (χ1v) is 9.92. The Labute approximate surface area is 175 Å². The molecule has 1 aromatic carbocycles. The van der Waals surface area contributed by atoms with Gasteiger partial charge in [0.1, 0.15) is 11.9 Å². The molecule has 2 heterocycles. The molecule has 160 valence electrons. The topological polar surface area (TPSA) is 80.8 Å². The lowest BCUT2D eigenvalue weighted by Crippen LogP contribution is -2.38. The molecule has 2 aromatic rings. The van der Waals surface area contributed by atoms with Crippen LogP contribution in [-0.4, -0.2) is 43.3 Å². The lowest BCUT2D eigenvalue weighted by Gasteiger charge is -2.29. The summed E-state index contributed by atoms with van der Waals surface area (Å²) in [5.41, 5.74) is 2.57. The molecule has 2 unspecified atom stereocenters. The fourth-order valence-electron chi connectivity index (χ4n) is 3.36. The first kappa shape index (κ1) is 21.7. The van der Waals surface area contributed by atoms with Crippen LogP contribution in [0.1, 0.15) is 48.1 Å². The number of aromatic nitrogens is 1. The molecule has 0 saturated carbocycles. The van der Waals surface area contributed by atoms with Crippen molar-refractivity contribution in [3.63, 3.8) is 0 Å². The van der Waals surface area contributed by atoms with Crippen molar-refractivity contribution in [2.24, 2.45) is 0 Å². The summed E-state index contributed by atoms with van der Waals surface area (Å²) in [4.78, 5) is 31.2. The van der Waals surface area contributed by atoms with E-state index in [1.165, 1.54) is 24.3 Å². The number of rotatable bonds is 6. The van der Waals surface area contributed by atoms with Gasteiger partial charge in [0.05, 0.1) is 29.7 Å². The Morgan fingerprint density at radius 3 is 2.63 bits per heavy atom. The van der Waals surface area contributed by atoms with E-state index in [1.807, 2.05) is 13.0 Å². The van der Waals surface area contributed by atoms with E-state index in [-0.39, 0.29) is 18.1 Å². The third kappa shape index (κ3) is 5.13. The van der Waals surface area contributed by atoms with Crippen LogP contribution in [0.25, 0.3) is 0 Å². The summed E-state index contributed by atoms with van der Waals surface area (Å²) in [5.74, 6) is -0.699. The molecule has 7 nitrogen and oxygen atoms in total. The fourth-order valence-corrected chi connectivity index (χ4v) is 3.36. The smallest absolute Gasteiger partial charge is 0.414 e. The van der Waals surface area contributed by atoms with Crippen molar-refractivity contribution in [2.45, 2.75) is 38.8 Å². The minimum atomic E-state index is -0.423. The summed E-state index contributed by atoms with van der Waals surface area (Å²) in [6, 6.07) is 8.64. The zero-order chi connectivity index (χ0) is 21.7. The zero-order valence-corrected chi connectivity index (χ0v) is 17.4. The van der Waals surface area contributed by atoms with Crippen LogP contribution >= 0.6 is 0 Å². The number of halogens is 1. The first-order chi connectivity index (χ1) is 14.4. The highest BCUT2D eigenvalue weighted by Gasteiger charge is 2.27. The molecule has 0 radical (unpaired) electrons. The van der Waals surface area contributed by atoms with Crippen molar-refractivity contribution < 1.29 is 23.5 Å². The van der Waals surface area contributed by atoms with Gasteiger partial charge in [-0.15, -0.1) is 0 Å². The van der Waals surface area contributed by atoms with Gasteiger partial charge in [-0.25, -0.2) is 9.18 Å². The van der Waals surface area contributed by atoms with Crippen LogP contribution in [0.2, 0.25) is 0 Å². The highest BCUT2D eigenvalue weighted by molar-refractivity contribution is 5.94. The Morgan fingerprint density at radius 1 is 1.20 bits per heavy atom. The summed E-state index contributed by atoms with van der Waals surface area (Å²) < 4.78 is 23.5. The van der Waals surface area contributed by atoms with E-state index in [2.05, 4.69) is 10.3 Å². The Hall–Kier alpha value is -3.00. The van der Waals surface area contributed by atoms with Gasteiger partial charge in [0.25, 0.3) is 5.91 Å². The molecule has 1 aliphatic heterocycles. The van der Waals surface area contributed by atoms with Crippen molar-refractivity contribution in [3.8, 4) is 0 Å². The number of nitrogens with one attached hydrogen (secondary N) is 1. The van der Waals surface area contributed by atoms with Crippen molar-refractivity contribution in [3.05, 3.63) is 59.2 Å². The second-order valence-corrected chi connectivity index (χ2v) is 7.31. The summed E-state index contributed by atoms with van der Waals surface area (Å²) in [7, 11) is 1.56. The minimum absolute atomic E-state index is 0.306. The normalized spacial score (nSPS) is 15.1. The van der Waals surface area contributed by atoms with Crippen molar-refractivity contribution in [2.75, 3.05) is 25.2 Å². The third-order valence-corrected chi connectivity index (χ3v) is 4.88. The van der Waals surface area contributed by atoms with Gasteiger partial charge in [-0.05, 0) is 63.1 Å². The van der Waals surface area contributed by atoms with Gasteiger partial charge in [-0.3, -0.25) is 14.7 Å². The number of carbonyl (C=O) groups excluding carboxylic acids is 2. The van der Waals surface area contributed by atoms with Gasteiger partial charge in [0.15, 0.2) is 0 Å². The summed E-state index contributed by atoms with van der Waals surface area (Å²) in [6.45, 7) is 4.49. The average Bonchev–Trinajstić information content (AvgIpc) is 2.73. The predicted molar refractivity (Wildman–Crippen MR) is 110 cm³/mol. The molecule has 0 bridgehead atoms. The zero-order valence-electron chi connectivity index (χ0n) is 17.4. The number of nitrogens with zero attached hydrogens (tertiary/aromatic N) is 2. The van der Waals surface area contributed by atoms with E-state index in [1.54, 1.807) is 25.0 Å². The molecule has 1 aliphatic rings. The largest absolute Gasteiger partial charge is 0.444 e. The molecule has 0 fully saturated rings. The van der Waals surface area contributed by atoms with Crippen molar-refractivity contribution >= 4 is 17.7 Å². The SMILES string of the molecule is COCC(C)OC(=O)N1CCCc2nc(C(C)NC(=O)c3ccc(F)cc3)ccc21. The number of methoxy groups -OCH3 is 1. The molecule has 30 heavy (non-hydrogen) atoms. The van der Waals surface area contributed by atoms with Crippen LogP contribution < -0.4 is 10.2 Å². The molecule has 0 aliphatic carbocycles. The van der Waals surface area contributed by atoms with Gasteiger partial charge < -0.3 is 14.8 Å². The summed E-state index contributed by atoms with van der Waals surface area (Å²) in [6.07, 6.45) is 0.738. The molecular formula is C22H26FN3O4. The van der Waals surface area contributed by atoms with Crippen LogP contribution in [0.5, 0.6) is 0 Å². The van der Waals surface area contributed by atoms with E-state index in [9.17, 15) is 14.0 Å². The third-order valence-electron chi connectivity index (χ3n) is 4.88. The standard InChI is InChI=1S/C22H26FN3O4/c1-14(13-29-3)30-22(28)26-12-4-5-19-20(26)11-10-18(25-19)15(2)24-21(27)16-6-8-17(23)9-7-16/h6-11,14-15H,4-5,12-13H2,1-3H3,(H,24,27). The molecule has 8 heteroatoms. The number of aryl methyl sites for hydroxylation is 1. The number of hydrogen-bond acceptors (Lipinski definition) is 5. The summed E-state index contributed by atoms with van der Waals surface area (Å²) in [5, 5.41) is 2.87. The Morgan fingerprint density at radius 2 is 1.93 bits per heavy atom. The Balaban J connectivity index is 1.71. The van der Waals surface area contributed by atoms with Gasteiger partial charge in [-0.1, -0.05) is 0 Å². The quantitative estimate of drug-likeness (QED) is 0.779. The second kappa shape index (κ2) is 9.67. The number of anilines is 1. The van der Waals surface area contributed by atoms with Gasteiger partial charge in [-0.2, -0.15) is 0 Å². The van der Waals surface area contributed by atoms with E-state index in [0.717, 1.165) is 24.2 Å². The van der Waals surface area contributed by atoms with Crippen LogP contribution in [0.3, 0.4) is 0 Å². The van der Waals surface area contributed by atoms with Crippen LogP contribution in [0.4, 0.5) is 14.9 Å². The molecule has 1 N–H and O–H groups in total. The van der Waals surface area contributed by atoms with Gasteiger partial charge in [0, 0.05) is 19.2 Å². The number of benzene rings is 1. The number of carbonyl (C=O) groups is 2. The van der Waals surface area contributed by atoms with E-state index in [0.29, 0.717) is 24.4 Å². The molecular weight excluding hydrogens is 389 g/mol. The molecule has 2 amide bonds. The first-order valence-electron chi connectivity index (χ1n) is 9.92. The van der Waals surface area contributed by atoms with Crippen molar-refractivity contribution in [1.82, 2.24) is 10.3 Å². The second-order valence-electron chi connectivity index (χ2n) is 7.31. The number of ether oxygens (including phenoxy) is 2. The maximum atomic E-state index is 13.0. The molecule has 0 saturated heterocycles. The maximum absolute atomic E-state index is 13.0. The monoisotopic (exact) mass is 415 g/mol. The maximum Gasteiger partial charge on any atom is 0.414 e. The molecule has 0 spiro atoms. The van der Waals surface area contributed by atoms with Crippen molar-refractivity contribution in [1.29, 1.82) is 0 Å². The predicted octanol–water partition coefficient (Wildman–Crippen LogP) is 3.64. The lowest BCUT2D eigenvalue weighted by molar-refractivity contribution is 0.0525. The Bertz CT molecular complexity index is 904. The number of pyridine rings is 1. The van der Waals surface area contributed by atoms with Gasteiger partial charge >= 0.3 is 6.09 Å². The van der Waals surface area contributed by atoms with E-state index < -0.39 is 11.9 Å². The molecule has 2 atom stereocenters. The number of hydrogen-bond donors (Lipinski definition) is 1. The number of fused-ring (bicyclic) bond motifs is 1. The summed E-state index contributed by atoms with van der Waals surface area (Å²) >= 11 is 0. The van der Waals surface area contributed by atoms with E-state index >= 15 is 0 Å². The van der Waals surface area contributed by atoms with Crippen LogP contribution in [0, 0.1) is 5.82 Å². The molecule has 1 aromatic heterocycles. The minimum Gasteiger partial charge on any atom is -0.444 e. The highest BCUT2D eigenvalue weighted by atomic mass is 19.1. The highest BCUT2D eigenvalue weighted by Crippen LogP contribution is 2.28. The fraction of sp³-hybridized carbons (Fsp3) is 0.409. The van der Waals surface area contributed by atoms with Crippen LogP contribution in [-0.2, 0) is 15.9 Å². The number of amides is 2. The van der Waals surface area contributed by atoms with Gasteiger partial charge in [0.2, 0.25) is 0 Å². The Kier molecular flexibility index (Phi) is 6.99.